The highest BCUT2D eigenvalue weighted by atomic mass is 32.2. The summed E-state index contributed by atoms with van der Waals surface area (Å²) in [7, 11) is -3.80. The molecule has 1 atom stereocenters. The number of benzene rings is 1. The Kier molecular flexibility index (Phi) is 3.95. The van der Waals surface area contributed by atoms with Gasteiger partial charge in [0.15, 0.2) is 0 Å². The molecule has 0 bridgehead atoms. The number of carbonyl (C=O) groups is 1. The zero-order valence-corrected chi connectivity index (χ0v) is 13.5. The molecule has 1 aromatic carbocycles. The molecule has 1 aliphatic rings. The standard InChI is InChI=1S/C15H18N4O3S/c1-11-6-12-4-2-3-5-13(12)8-19(11)15(20)10-18-9-14(7-17-18)23(16,21)22/h2-5,7,9,11H,6,8,10H2,1H3,(H2,16,21,22)/t11-/m1/s1. The van der Waals surface area contributed by atoms with E-state index >= 15 is 0 Å². The molecule has 0 saturated carbocycles. The van der Waals surface area contributed by atoms with Crippen LogP contribution in [0.15, 0.2) is 41.6 Å². The first-order valence-electron chi connectivity index (χ1n) is 7.26. The molecule has 2 aromatic rings. The number of primary sulfonamides is 1. The molecular weight excluding hydrogens is 316 g/mol. The van der Waals surface area contributed by atoms with Gasteiger partial charge in [0.1, 0.15) is 11.4 Å². The van der Waals surface area contributed by atoms with Gasteiger partial charge in [-0.25, -0.2) is 13.6 Å². The Morgan fingerprint density at radius 1 is 1.35 bits per heavy atom. The first-order chi connectivity index (χ1) is 10.8. The predicted octanol–water partition coefficient (Wildman–Crippen LogP) is 0.504. The summed E-state index contributed by atoms with van der Waals surface area (Å²) in [5, 5.41) is 8.94. The Bertz CT molecular complexity index is 844. The first kappa shape index (κ1) is 15.7. The molecule has 0 saturated heterocycles. The molecule has 0 radical (unpaired) electrons. The van der Waals surface area contributed by atoms with E-state index in [0.29, 0.717) is 6.54 Å². The Hall–Kier alpha value is -2.19. The van der Waals surface area contributed by atoms with Crippen LogP contribution in [0, 0.1) is 0 Å². The average Bonchev–Trinajstić information content (AvgIpc) is 2.95. The lowest BCUT2D eigenvalue weighted by atomic mass is 9.95. The summed E-state index contributed by atoms with van der Waals surface area (Å²) in [6.45, 7) is 2.55. The first-order valence-corrected chi connectivity index (χ1v) is 8.81. The zero-order chi connectivity index (χ0) is 16.6. The van der Waals surface area contributed by atoms with Gasteiger partial charge in [0, 0.05) is 18.8 Å². The van der Waals surface area contributed by atoms with Crippen LogP contribution in [-0.4, -0.2) is 35.0 Å². The van der Waals surface area contributed by atoms with Gasteiger partial charge < -0.3 is 4.90 Å². The molecule has 23 heavy (non-hydrogen) atoms. The van der Waals surface area contributed by atoms with Gasteiger partial charge >= 0.3 is 0 Å². The third kappa shape index (κ3) is 3.27. The lowest BCUT2D eigenvalue weighted by molar-refractivity contribution is -0.135. The molecule has 2 heterocycles. The predicted molar refractivity (Wildman–Crippen MR) is 83.8 cm³/mol. The fourth-order valence-electron chi connectivity index (χ4n) is 2.82. The van der Waals surface area contributed by atoms with E-state index in [-0.39, 0.29) is 23.4 Å². The fraction of sp³-hybridized carbons (Fsp3) is 0.333. The summed E-state index contributed by atoms with van der Waals surface area (Å²) in [5.74, 6) is -0.101. The van der Waals surface area contributed by atoms with Gasteiger partial charge in [-0.1, -0.05) is 24.3 Å². The molecule has 0 spiro atoms. The van der Waals surface area contributed by atoms with E-state index in [4.69, 9.17) is 5.14 Å². The van der Waals surface area contributed by atoms with Crippen LogP contribution in [0.4, 0.5) is 0 Å². The van der Waals surface area contributed by atoms with Gasteiger partial charge in [-0.05, 0) is 24.5 Å². The maximum absolute atomic E-state index is 12.5. The summed E-state index contributed by atoms with van der Waals surface area (Å²) in [4.78, 5) is 14.2. The summed E-state index contributed by atoms with van der Waals surface area (Å²) in [6.07, 6.45) is 3.23. The largest absolute Gasteiger partial charge is 0.334 e. The highest BCUT2D eigenvalue weighted by Gasteiger charge is 2.26. The van der Waals surface area contributed by atoms with Crippen molar-refractivity contribution >= 4 is 15.9 Å². The lowest BCUT2D eigenvalue weighted by Gasteiger charge is -2.35. The SMILES string of the molecule is C[C@@H]1Cc2ccccc2CN1C(=O)Cn1cc(S(N)(=O)=O)cn1. The van der Waals surface area contributed by atoms with E-state index in [1.807, 2.05) is 25.1 Å². The second-order valence-electron chi connectivity index (χ2n) is 5.76. The zero-order valence-electron chi connectivity index (χ0n) is 12.7. The summed E-state index contributed by atoms with van der Waals surface area (Å²) in [6, 6.07) is 8.16. The third-order valence-corrected chi connectivity index (χ3v) is 4.93. The van der Waals surface area contributed by atoms with Crippen molar-refractivity contribution in [2.75, 3.05) is 0 Å². The van der Waals surface area contributed by atoms with Crippen LogP contribution in [0.3, 0.4) is 0 Å². The number of rotatable bonds is 3. The van der Waals surface area contributed by atoms with Crippen molar-refractivity contribution in [3.05, 3.63) is 47.8 Å². The quantitative estimate of drug-likeness (QED) is 0.884. The van der Waals surface area contributed by atoms with Gasteiger partial charge in [-0.3, -0.25) is 9.48 Å². The molecule has 0 fully saturated rings. The monoisotopic (exact) mass is 334 g/mol. The molecule has 3 rings (SSSR count). The van der Waals surface area contributed by atoms with Crippen molar-refractivity contribution in [2.45, 2.75) is 37.4 Å². The molecule has 8 heteroatoms. The minimum atomic E-state index is -3.80. The van der Waals surface area contributed by atoms with Crippen LogP contribution in [0.1, 0.15) is 18.1 Å². The van der Waals surface area contributed by atoms with Crippen LogP contribution in [0.2, 0.25) is 0 Å². The Morgan fingerprint density at radius 3 is 2.70 bits per heavy atom. The number of hydrogen-bond acceptors (Lipinski definition) is 4. The number of amides is 1. The topological polar surface area (TPSA) is 98.3 Å². The summed E-state index contributed by atoms with van der Waals surface area (Å²) >= 11 is 0. The maximum atomic E-state index is 12.5. The molecule has 122 valence electrons. The Morgan fingerprint density at radius 2 is 2.04 bits per heavy atom. The average molecular weight is 334 g/mol. The number of carbonyl (C=O) groups excluding carboxylic acids is 1. The number of nitrogens with two attached hydrogens (primary N) is 1. The Balaban J connectivity index is 1.75. The molecule has 1 aliphatic heterocycles. The van der Waals surface area contributed by atoms with Crippen molar-refractivity contribution in [3.63, 3.8) is 0 Å². The van der Waals surface area contributed by atoms with Crippen LogP contribution in [-0.2, 0) is 34.3 Å². The van der Waals surface area contributed by atoms with E-state index in [2.05, 4.69) is 11.2 Å². The van der Waals surface area contributed by atoms with E-state index in [1.165, 1.54) is 16.4 Å². The normalized spacial score (nSPS) is 17.8. The Labute approximate surface area is 134 Å². The van der Waals surface area contributed by atoms with Crippen LogP contribution in [0.25, 0.3) is 0 Å². The fourth-order valence-corrected chi connectivity index (χ4v) is 3.28. The van der Waals surface area contributed by atoms with Gasteiger partial charge in [-0.15, -0.1) is 0 Å². The number of aromatic nitrogens is 2. The van der Waals surface area contributed by atoms with Gasteiger partial charge in [0.2, 0.25) is 15.9 Å². The van der Waals surface area contributed by atoms with Gasteiger partial charge in [-0.2, -0.15) is 5.10 Å². The number of fused-ring (bicyclic) bond motifs is 1. The maximum Gasteiger partial charge on any atom is 0.244 e. The van der Waals surface area contributed by atoms with Crippen molar-refractivity contribution in [1.29, 1.82) is 0 Å². The molecule has 1 amide bonds. The molecule has 2 N–H and O–H groups in total. The summed E-state index contributed by atoms with van der Waals surface area (Å²) in [5.41, 5.74) is 2.41. The number of sulfonamides is 1. The molecular formula is C15H18N4O3S. The molecule has 0 aliphatic carbocycles. The number of nitrogens with zero attached hydrogens (tertiary/aromatic N) is 3. The van der Waals surface area contributed by atoms with Crippen molar-refractivity contribution in [2.24, 2.45) is 5.14 Å². The smallest absolute Gasteiger partial charge is 0.244 e. The highest BCUT2D eigenvalue weighted by molar-refractivity contribution is 7.89. The van der Waals surface area contributed by atoms with Crippen LogP contribution >= 0.6 is 0 Å². The molecule has 7 nitrogen and oxygen atoms in total. The highest BCUT2D eigenvalue weighted by Crippen LogP contribution is 2.23. The van der Waals surface area contributed by atoms with Crippen molar-refractivity contribution < 1.29 is 13.2 Å². The van der Waals surface area contributed by atoms with Gasteiger partial charge in [0.05, 0.1) is 6.20 Å². The van der Waals surface area contributed by atoms with E-state index in [1.54, 1.807) is 4.90 Å². The van der Waals surface area contributed by atoms with E-state index < -0.39 is 10.0 Å². The molecule has 1 aromatic heterocycles. The van der Waals surface area contributed by atoms with Crippen LogP contribution in [0.5, 0.6) is 0 Å². The minimum absolute atomic E-state index is 0.0119. The second-order valence-corrected chi connectivity index (χ2v) is 7.32. The molecule has 0 unspecified atom stereocenters. The third-order valence-electron chi connectivity index (χ3n) is 4.06. The minimum Gasteiger partial charge on any atom is -0.334 e. The van der Waals surface area contributed by atoms with Crippen LogP contribution < -0.4 is 5.14 Å². The lowest BCUT2D eigenvalue weighted by Crippen LogP contribution is -2.44. The van der Waals surface area contributed by atoms with E-state index in [0.717, 1.165) is 18.2 Å². The van der Waals surface area contributed by atoms with Crippen molar-refractivity contribution in [1.82, 2.24) is 14.7 Å². The van der Waals surface area contributed by atoms with E-state index in [9.17, 15) is 13.2 Å². The number of hydrogen-bond donors (Lipinski definition) is 1. The summed E-state index contributed by atoms with van der Waals surface area (Å²) < 4.78 is 23.8. The second kappa shape index (κ2) is 5.78. The van der Waals surface area contributed by atoms with Gasteiger partial charge in [0.25, 0.3) is 0 Å². The van der Waals surface area contributed by atoms with Crippen molar-refractivity contribution in [3.8, 4) is 0 Å².